The highest BCUT2D eigenvalue weighted by molar-refractivity contribution is 6.04. The molecule has 4 rings (SSSR count). The monoisotopic (exact) mass is 379 g/mol. The van der Waals surface area contributed by atoms with Gasteiger partial charge in [0.2, 0.25) is 0 Å². The molecule has 3 aromatic rings. The van der Waals surface area contributed by atoms with Gasteiger partial charge < -0.3 is 25.3 Å². The van der Waals surface area contributed by atoms with E-state index in [4.69, 9.17) is 4.74 Å². The molecule has 1 saturated heterocycles. The normalized spacial score (nSPS) is 21.6. The molecule has 7 heteroatoms. The lowest BCUT2D eigenvalue weighted by molar-refractivity contribution is -0.0245. The van der Waals surface area contributed by atoms with Gasteiger partial charge in [0.25, 0.3) is 5.91 Å². The number of aromatic nitrogens is 2. The number of aliphatic hydroxyl groups is 2. The first-order valence-corrected chi connectivity index (χ1v) is 9.10. The Bertz CT molecular complexity index is 957. The van der Waals surface area contributed by atoms with Gasteiger partial charge in [0, 0.05) is 29.4 Å². The van der Waals surface area contributed by atoms with Gasteiger partial charge in [0.1, 0.15) is 18.0 Å². The van der Waals surface area contributed by atoms with Gasteiger partial charge in [-0.15, -0.1) is 0 Å². The van der Waals surface area contributed by atoms with Crippen LogP contribution in [0.4, 0.5) is 5.69 Å². The summed E-state index contributed by atoms with van der Waals surface area (Å²) in [5, 5.41) is 22.0. The zero-order valence-corrected chi connectivity index (χ0v) is 15.1. The second-order valence-electron chi connectivity index (χ2n) is 6.72. The van der Waals surface area contributed by atoms with Crippen LogP contribution in [-0.2, 0) is 4.74 Å². The Morgan fingerprint density at radius 1 is 1.21 bits per heavy atom. The van der Waals surface area contributed by atoms with Crippen LogP contribution in [0.2, 0.25) is 0 Å². The fraction of sp³-hybridized carbons (Fsp3) is 0.238. The number of aromatic amines is 1. The predicted octanol–water partition coefficient (Wildman–Crippen LogP) is 2.51. The van der Waals surface area contributed by atoms with E-state index in [0.717, 1.165) is 5.56 Å². The van der Waals surface area contributed by atoms with Crippen LogP contribution in [0.15, 0.2) is 60.8 Å². The van der Waals surface area contributed by atoms with Crippen LogP contribution in [0.3, 0.4) is 0 Å². The standard InChI is InChI=1S/C21H21N3O4/c25-12-19-17(26)10-18(28-19)20-22-11-16(24-20)14-7-4-8-15(9-14)23-21(27)13-5-2-1-3-6-13/h1-9,11,17-19,25-26H,10,12H2,(H,22,24)(H,23,27)/t17-,18+,19+/m0/s1. The van der Waals surface area contributed by atoms with Gasteiger partial charge in [-0.1, -0.05) is 30.3 Å². The average molecular weight is 379 g/mol. The third kappa shape index (κ3) is 3.82. The Hall–Kier alpha value is -3.00. The maximum Gasteiger partial charge on any atom is 0.255 e. The molecule has 144 valence electrons. The highest BCUT2D eigenvalue weighted by Crippen LogP contribution is 2.32. The molecule has 4 N–H and O–H groups in total. The Labute approximate surface area is 162 Å². The number of carbonyl (C=O) groups is 1. The van der Waals surface area contributed by atoms with Crippen LogP contribution in [0, 0.1) is 0 Å². The van der Waals surface area contributed by atoms with Crippen molar-refractivity contribution >= 4 is 11.6 Å². The lowest BCUT2D eigenvalue weighted by Crippen LogP contribution is -2.24. The number of hydrogen-bond acceptors (Lipinski definition) is 5. The van der Waals surface area contributed by atoms with Crippen molar-refractivity contribution in [3.8, 4) is 11.3 Å². The van der Waals surface area contributed by atoms with Crippen molar-refractivity contribution in [3.05, 3.63) is 72.2 Å². The smallest absolute Gasteiger partial charge is 0.255 e. The Kier molecular flexibility index (Phi) is 5.21. The number of H-pyrrole nitrogens is 1. The van der Waals surface area contributed by atoms with Gasteiger partial charge in [0.05, 0.1) is 18.4 Å². The Balaban J connectivity index is 1.49. The van der Waals surface area contributed by atoms with Crippen molar-refractivity contribution < 1.29 is 19.7 Å². The fourth-order valence-electron chi connectivity index (χ4n) is 3.27. The van der Waals surface area contributed by atoms with Gasteiger partial charge in [-0.05, 0) is 24.3 Å². The summed E-state index contributed by atoms with van der Waals surface area (Å²) in [6.45, 7) is -0.228. The van der Waals surface area contributed by atoms with E-state index in [1.54, 1.807) is 18.3 Å². The molecule has 2 heterocycles. The molecular weight excluding hydrogens is 358 g/mol. The number of ether oxygens (including phenoxy) is 1. The minimum Gasteiger partial charge on any atom is -0.394 e. The maximum absolute atomic E-state index is 12.3. The minimum atomic E-state index is -0.708. The molecule has 28 heavy (non-hydrogen) atoms. The molecule has 1 aliphatic rings. The molecule has 0 aliphatic carbocycles. The molecule has 0 spiro atoms. The summed E-state index contributed by atoms with van der Waals surface area (Å²) in [6.07, 6.45) is 0.456. The molecule has 1 aliphatic heterocycles. The lowest BCUT2D eigenvalue weighted by Gasteiger charge is -2.10. The number of carbonyl (C=O) groups excluding carboxylic acids is 1. The number of imidazole rings is 1. The molecule has 1 amide bonds. The second kappa shape index (κ2) is 7.93. The van der Waals surface area contributed by atoms with Crippen molar-refractivity contribution in [3.63, 3.8) is 0 Å². The Morgan fingerprint density at radius 2 is 2.04 bits per heavy atom. The van der Waals surface area contributed by atoms with Crippen LogP contribution in [0.5, 0.6) is 0 Å². The number of anilines is 1. The van der Waals surface area contributed by atoms with Crippen LogP contribution in [0.25, 0.3) is 11.3 Å². The highest BCUT2D eigenvalue weighted by atomic mass is 16.5. The summed E-state index contributed by atoms with van der Waals surface area (Å²) in [4.78, 5) is 20.0. The van der Waals surface area contributed by atoms with Crippen LogP contribution in [0.1, 0.15) is 28.7 Å². The summed E-state index contributed by atoms with van der Waals surface area (Å²) < 4.78 is 5.63. The predicted molar refractivity (Wildman–Crippen MR) is 104 cm³/mol. The summed E-state index contributed by atoms with van der Waals surface area (Å²) in [5.41, 5.74) is 2.80. The number of benzene rings is 2. The first-order valence-electron chi connectivity index (χ1n) is 9.10. The quantitative estimate of drug-likeness (QED) is 0.545. The van der Waals surface area contributed by atoms with Crippen molar-refractivity contribution in [1.82, 2.24) is 9.97 Å². The molecule has 1 aromatic heterocycles. The molecule has 2 aromatic carbocycles. The summed E-state index contributed by atoms with van der Waals surface area (Å²) in [6, 6.07) is 16.4. The van der Waals surface area contributed by atoms with E-state index in [1.165, 1.54) is 0 Å². The fourth-order valence-corrected chi connectivity index (χ4v) is 3.27. The lowest BCUT2D eigenvalue weighted by atomic mass is 10.1. The number of nitrogens with one attached hydrogen (secondary N) is 2. The molecule has 0 saturated carbocycles. The molecule has 1 fully saturated rings. The van der Waals surface area contributed by atoms with Gasteiger partial charge >= 0.3 is 0 Å². The van der Waals surface area contributed by atoms with Crippen LogP contribution >= 0.6 is 0 Å². The van der Waals surface area contributed by atoms with E-state index in [1.807, 2.05) is 42.5 Å². The van der Waals surface area contributed by atoms with Crippen LogP contribution in [-0.4, -0.2) is 44.9 Å². The van der Waals surface area contributed by atoms with E-state index in [2.05, 4.69) is 15.3 Å². The molecule has 7 nitrogen and oxygen atoms in total. The number of amides is 1. The zero-order chi connectivity index (χ0) is 19.5. The molecular formula is C21H21N3O4. The van der Waals surface area contributed by atoms with Crippen molar-refractivity contribution in [1.29, 1.82) is 0 Å². The first kappa shape index (κ1) is 18.4. The third-order valence-electron chi connectivity index (χ3n) is 4.76. The van der Waals surface area contributed by atoms with Gasteiger partial charge in [-0.25, -0.2) is 4.98 Å². The van der Waals surface area contributed by atoms with E-state index >= 15 is 0 Å². The number of hydrogen-bond donors (Lipinski definition) is 4. The van der Waals surface area contributed by atoms with E-state index in [9.17, 15) is 15.0 Å². The van der Waals surface area contributed by atoms with Gasteiger partial charge in [-0.3, -0.25) is 4.79 Å². The van der Waals surface area contributed by atoms with Crippen LogP contribution < -0.4 is 5.32 Å². The third-order valence-corrected chi connectivity index (χ3v) is 4.76. The number of nitrogens with zero attached hydrogens (tertiary/aromatic N) is 1. The molecule has 3 atom stereocenters. The molecule has 0 unspecified atom stereocenters. The summed E-state index contributed by atoms with van der Waals surface area (Å²) in [5.74, 6) is 0.424. The van der Waals surface area contributed by atoms with Gasteiger partial charge in [0.15, 0.2) is 0 Å². The van der Waals surface area contributed by atoms with Crippen molar-refractivity contribution in [2.24, 2.45) is 0 Å². The molecule has 0 bridgehead atoms. The summed E-state index contributed by atoms with van der Waals surface area (Å²) >= 11 is 0. The van der Waals surface area contributed by atoms with Crippen molar-refractivity contribution in [2.75, 3.05) is 11.9 Å². The van der Waals surface area contributed by atoms with E-state index < -0.39 is 12.2 Å². The van der Waals surface area contributed by atoms with Gasteiger partial charge in [-0.2, -0.15) is 0 Å². The average Bonchev–Trinajstić information content (AvgIpc) is 3.35. The van der Waals surface area contributed by atoms with Crippen molar-refractivity contribution in [2.45, 2.75) is 24.7 Å². The SMILES string of the molecule is O=C(Nc1cccc(-c2c[nH]c([C@H]3C[C@H](O)[C@@H](CO)O3)n2)c1)c1ccccc1. The topological polar surface area (TPSA) is 107 Å². The molecule has 0 radical (unpaired) electrons. The second-order valence-corrected chi connectivity index (χ2v) is 6.72. The highest BCUT2D eigenvalue weighted by Gasteiger charge is 2.35. The summed E-state index contributed by atoms with van der Waals surface area (Å²) in [7, 11) is 0. The van der Waals surface area contributed by atoms with E-state index in [0.29, 0.717) is 29.2 Å². The number of aliphatic hydroxyl groups excluding tert-OH is 2. The zero-order valence-electron chi connectivity index (χ0n) is 15.1. The first-order chi connectivity index (χ1) is 13.6. The largest absolute Gasteiger partial charge is 0.394 e. The van der Waals surface area contributed by atoms with E-state index in [-0.39, 0.29) is 18.6 Å². The maximum atomic E-state index is 12.3. The Morgan fingerprint density at radius 3 is 2.79 bits per heavy atom. The number of rotatable bonds is 5. The minimum absolute atomic E-state index is 0.177.